The molecule has 644 valence electrons. The number of fused-ring (bicyclic) bond motifs is 12. The van der Waals surface area contributed by atoms with Crippen molar-refractivity contribution in [1.29, 1.82) is 0 Å². The Labute approximate surface area is 693 Å². The largest absolute Gasteiger partial charge is 0.508 e. The summed E-state index contributed by atoms with van der Waals surface area (Å²) in [5.41, 5.74) is 17.7. The van der Waals surface area contributed by atoms with Crippen LogP contribution in [0.1, 0.15) is 189 Å². The third kappa shape index (κ3) is 20.8. The molecule has 9 aliphatic rings. The molecule has 15 unspecified atom stereocenters. The summed E-state index contributed by atoms with van der Waals surface area (Å²) in [6.45, 7) is 12.5. The Hall–Kier alpha value is -9.46. The highest BCUT2D eigenvalue weighted by atomic mass is 35.5. The second kappa shape index (κ2) is 37.7. The van der Waals surface area contributed by atoms with E-state index in [1.165, 1.54) is 73.7 Å². The number of halogens is 1. The Morgan fingerprint density at radius 1 is 0.782 bits per heavy atom. The molecule has 0 spiro atoms. The van der Waals surface area contributed by atoms with Gasteiger partial charge in [-0.05, 0) is 189 Å². The number of benzene rings is 5. The number of aromatic hydroxyl groups is 1. The van der Waals surface area contributed by atoms with Crippen LogP contribution >= 0.6 is 11.6 Å². The van der Waals surface area contributed by atoms with Gasteiger partial charge in [-0.25, -0.2) is 0 Å². The van der Waals surface area contributed by atoms with Crippen LogP contribution in [0.3, 0.4) is 0 Å². The molecule has 5 aromatic carbocycles. The molecule has 8 bridgehead atoms. The molecule has 119 heavy (non-hydrogen) atoms. The first-order chi connectivity index (χ1) is 56.4. The number of carbonyl (C=O) groups excluding carboxylic acids is 9. The minimum atomic E-state index is -2.73. The molecule has 2 saturated heterocycles. The van der Waals surface area contributed by atoms with Crippen molar-refractivity contribution in [3.63, 3.8) is 0 Å². The minimum absolute atomic E-state index is 0.000898. The van der Waals surface area contributed by atoms with Gasteiger partial charge >= 0.3 is 0 Å². The Morgan fingerprint density at radius 3 is 2.15 bits per heavy atom. The number of aliphatic hydroxyl groups is 6. The second-order valence-corrected chi connectivity index (χ2v) is 33.9. The number of nitrogens with one attached hydrogen (secondary N) is 7. The average molecular weight is 1670 g/mol. The Bertz CT molecular complexity index is 4580. The predicted molar refractivity (Wildman–Crippen MR) is 428 cm³/mol. The molecule has 4 aliphatic heterocycles. The third-order valence-electron chi connectivity index (χ3n) is 23.7. The topological polar surface area (TPSA) is 522 Å². The van der Waals surface area contributed by atoms with Crippen molar-refractivity contribution >= 4 is 64.8 Å². The van der Waals surface area contributed by atoms with E-state index in [9.17, 15) is 69.3 Å². The zero-order chi connectivity index (χ0) is 85.8. The van der Waals surface area contributed by atoms with Crippen molar-refractivity contribution in [2.24, 2.45) is 46.8 Å². The highest BCUT2D eigenvalue weighted by Crippen LogP contribution is 2.55. The number of aliphatic hydroxyl groups excluding tert-OH is 4. The number of carbonyl (C=O) groups is 9. The van der Waals surface area contributed by atoms with Gasteiger partial charge in [0.05, 0.1) is 68.0 Å². The maximum Gasteiger partial charge on any atom is 0.255 e. The van der Waals surface area contributed by atoms with Crippen LogP contribution in [0, 0.1) is 29.6 Å². The van der Waals surface area contributed by atoms with Crippen molar-refractivity contribution in [3.8, 4) is 45.6 Å². The SMILES string of the molecule is CCCNCCOC(C)C(=O)NC(=O)CC1NC(=O)C(NC(=O)CCC(C)C)C(C)c2ccc(cc2)Oc2cc(cc(Oc3ccc(C(O)CC(=O)NC(C(=O)NC4C5CC6CC(C5)CC4C6)c4cc(O)cc5c4-c4cc(CC(N)=O)ccc4C5(O)O)cc3Cl)c2OC2OC(CO)CC(O)C2OC2CC(C)(N)C(O)C(C)O2)C(C(N)=O)NC1=O. The Kier molecular flexibility index (Phi) is 28.1. The Morgan fingerprint density at radius 2 is 1.50 bits per heavy atom. The molecular formula is C85H109ClN10O23. The summed E-state index contributed by atoms with van der Waals surface area (Å²) in [5.74, 6) is -12.3. The maximum atomic E-state index is 15.3. The van der Waals surface area contributed by atoms with Gasteiger partial charge in [0.2, 0.25) is 65.1 Å². The number of phenols is 1. The van der Waals surface area contributed by atoms with Crippen LogP contribution in [-0.4, -0.2) is 188 Å². The highest BCUT2D eigenvalue weighted by molar-refractivity contribution is 6.32. The summed E-state index contributed by atoms with van der Waals surface area (Å²) in [6.07, 6.45) is -8.30. The fraction of sp³-hybridized carbons (Fsp3) is 0.541. The number of hydrogen-bond donors (Lipinski definition) is 17. The van der Waals surface area contributed by atoms with E-state index in [0.717, 1.165) is 44.6 Å². The van der Waals surface area contributed by atoms with Crippen LogP contribution in [-0.2, 0) is 74.3 Å². The molecule has 33 nitrogen and oxygen atoms in total. The predicted octanol–water partition coefficient (Wildman–Crippen LogP) is 4.09. The number of primary amides is 2. The van der Waals surface area contributed by atoms with Crippen LogP contribution in [0.4, 0.5) is 0 Å². The zero-order valence-corrected chi connectivity index (χ0v) is 68.2. The van der Waals surface area contributed by atoms with Gasteiger partial charge in [0.25, 0.3) is 5.91 Å². The molecule has 0 radical (unpaired) electrons. The number of phenolic OH excluding ortho intramolecular Hbond substituents is 1. The molecule has 4 saturated carbocycles. The lowest BCUT2D eigenvalue weighted by atomic mass is 9.54. The van der Waals surface area contributed by atoms with E-state index in [-0.39, 0.29) is 117 Å². The van der Waals surface area contributed by atoms with Gasteiger partial charge in [-0.15, -0.1) is 0 Å². The van der Waals surface area contributed by atoms with Crippen LogP contribution in [0.25, 0.3) is 11.1 Å². The smallest absolute Gasteiger partial charge is 0.255 e. The quantitative estimate of drug-likeness (QED) is 0.0227. The monoisotopic (exact) mass is 1670 g/mol. The number of nitrogens with two attached hydrogens (primary N) is 3. The first-order valence-electron chi connectivity index (χ1n) is 40.6. The van der Waals surface area contributed by atoms with E-state index in [1.54, 1.807) is 32.9 Å². The van der Waals surface area contributed by atoms with Crippen LogP contribution in [0.5, 0.6) is 34.5 Å². The minimum Gasteiger partial charge on any atom is -0.508 e. The summed E-state index contributed by atoms with van der Waals surface area (Å²) in [4.78, 5) is 128. The molecule has 5 aliphatic carbocycles. The molecule has 15 atom stereocenters. The van der Waals surface area contributed by atoms with E-state index in [1.807, 2.05) is 20.8 Å². The molecule has 20 N–H and O–H groups in total. The summed E-state index contributed by atoms with van der Waals surface area (Å²) in [6, 6.07) is 11.9. The highest BCUT2D eigenvalue weighted by Gasteiger charge is 2.52. The molecule has 6 fully saturated rings. The first-order valence-corrected chi connectivity index (χ1v) is 41.0. The molecule has 9 amide bonds. The van der Waals surface area contributed by atoms with Crippen LogP contribution in [0.15, 0.2) is 84.9 Å². The van der Waals surface area contributed by atoms with Gasteiger partial charge < -0.3 is 118 Å². The number of ether oxygens (including phenoxy) is 7. The standard InChI is InChI=1S/C85H109ClN10O23/c1-8-19-90-20-21-113-42(6)79(107)94-67(103)35-59-80(108)96-73(78(88)106)50-30-63(115-52-14-11-46(12-15-52)40(4)71(81(109)91-59)92-66(102)18-9-39(2)3)76(119-83-75(61(100)34-53(38-97)116-83)118-69-37-84(7,89)77(105)41(5)114-69)64(31-50)117-62-17-13-47(29-58(62)86)60(99)36-68(104)93-74(82(110)95-72-48-23-44-22-45(25-48)26-49(72)24-44)55-32-51(98)33-57-70(55)54-27-43(28-65(87)101)10-16-56(54)85(57,111)112/h10-17,27,29-33,39-42,44-45,48-49,53,59-61,69,71-75,77,83,90,97-100,105,111-112H,8-9,18-26,28,34-38,89H2,1-7H3,(H2,87,101)(H2,88,106)(H,91,109)(H,92,102)(H,93,104)(H,95,110)(H,96,108)(H,94,103,107). The lowest BCUT2D eigenvalue weighted by Gasteiger charge is -2.54. The summed E-state index contributed by atoms with van der Waals surface area (Å²) in [7, 11) is 0. The Balaban J connectivity index is 0.913. The maximum absolute atomic E-state index is 15.3. The first kappa shape index (κ1) is 88.8. The van der Waals surface area contributed by atoms with Gasteiger partial charge in [-0.3, -0.25) is 48.5 Å². The van der Waals surface area contributed by atoms with Gasteiger partial charge in [0.1, 0.15) is 53.6 Å². The van der Waals surface area contributed by atoms with Gasteiger partial charge in [0.15, 0.2) is 17.8 Å². The van der Waals surface area contributed by atoms with E-state index >= 15 is 9.59 Å². The van der Waals surface area contributed by atoms with Crippen molar-refractivity contribution < 1.29 is 112 Å². The van der Waals surface area contributed by atoms with E-state index in [2.05, 4.69) is 37.2 Å². The normalized spacial score (nSPS) is 28.1. The fourth-order valence-corrected chi connectivity index (χ4v) is 17.9. The number of rotatable bonds is 30. The van der Waals surface area contributed by atoms with Crippen molar-refractivity contribution in [3.05, 3.63) is 129 Å². The van der Waals surface area contributed by atoms with Gasteiger partial charge in [-0.2, -0.15) is 0 Å². The molecule has 0 aromatic heterocycles. The van der Waals surface area contributed by atoms with E-state index in [4.69, 9.17) is 62.0 Å². The van der Waals surface area contributed by atoms with E-state index < -0.39 is 187 Å². The number of amides is 9. The number of hydrogen-bond acceptors (Lipinski definition) is 25. The third-order valence-corrected chi connectivity index (χ3v) is 24.0. The number of imide groups is 1. The van der Waals surface area contributed by atoms with Gasteiger partial charge in [-0.1, -0.05) is 75.7 Å². The average Bonchev–Trinajstić information content (AvgIpc) is 1.57. The molecule has 5 aromatic rings. The van der Waals surface area contributed by atoms with Crippen LogP contribution < -0.4 is 68.6 Å². The fourth-order valence-electron chi connectivity index (χ4n) is 17.6. The van der Waals surface area contributed by atoms with Crippen molar-refractivity contribution in [2.75, 3.05) is 26.3 Å². The summed E-state index contributed by atoms with van der Waals surface area (Å²) >= 11 is 7.20. The second-order valence-electron chi connectivity index (χ2n) is 33.5. The lowest BCUT2D eigenvalue weighted by Crippen LogP contribution is -2.62. The van der Waals surface area contributed by atoms with Crippen molar-refractivity contribution in [2.45, 2.75) is 235 Å². The van der Waals surface area contributed by atoms with Crippen molar-refractivity contribution in [1.82, 2.24) is 37.2 Å². The molecule has 4 heterocycles. The van der Waals surface area contributed by atoms with E-state index in [0.29, 0.717) is 42.5 Å². The zero-order valence-electron chi connectivity index (χ0n) is 67.4. The van der Waals surface area contributed by atoms with Gasteiger partial charge in [0, 0.05) is 54.4 Å². The molecule has 14 rings (SSSR count). The molecule has 34 heteroatoms. The van der Waals surface area contributed by atoms with Crippen LogP contribution in [0.2, 0.25) is 5.02 Å². The lowest BCUT2D eigenvalue weighted by molar-refractivity contribution is -0.316. The molecular weight excluding hydrogens is 1560 g/mol. The summed E-state index contributed by atoms with van der Waals surface area (Å²) in [5, 5.41) is 99.9. The summed E-state index contributed by atoms with van der Waals surface area (Å²) < 4.78 is 44.8.